The number of nitrogens with zero attached hydrogens (tertiary/aromatic N) is 2. The number of amides is 1. The number of hydrogen-bond acceptors (Lipinski definition) is 4. The van der Waals surface area contributed by atoms with Gasteiger partial charge < -0.3 is 14.4 Å². The molecule has 120 valence electrons. The van der Waals surface area contributed by atoms with Crippen LogP contribution >= 0.6 is 0 Å². The number of hydrogen-bond donors (Lipinski definition) is 0. The highest BCUT2D eigenvalue weighted by atomic mass is 16.5. The minimum Gasteiger partial charge on any atom is -0.472 e. The molecule has 3 heterocycles. The molecule has 3 rings (SSSR count). The molecule has 0 radical (unpaired) electrons. The van der Waals surface area contributed by atoms with Crippen molar-refractivity contribution in [1.29, 1.82) is 0 Å². The second-order valence-electron chi connectivity index (χ2n) is 6.64. The van der Waals surface area contributed by atoms with Gasteiger partial charge in [0.15, 0.2) is 0 Å². The summed E-state index contributed by atoms with van der Waals surface area (Å²) in [5.41, 5.74) is 0.635. The topological polar surface area (TPSA) is 51.7 Å². The molecule has 5 heteroatoms. The predicted octanol–water partition coefficient (Wildman–Crippen LogP) is 2.37. The average molecular weight is 304 g/mol. The summed E-state index contributed by atoms with van der Waals surface area (Å²) in [6, 6.07) is 3.59. The molecule has 3 unspecified atom stereocenters. The lowest BCUT2D eigenvalue weighted by atomic mass is 9.91. The van der Waals surface area contributed by atoms with E-state index in [0.717, 1.165) is 26.1 Å². The standard InChI is InChI=1S/C17H24N2O3/c1-12-7-13(2)10-19(9-12)17(20)14-3-4-16(18-8-14)22-15-5-6-21-11-15/h3-4,8,12-13,15H,5-7,9-11H2,1-2H3. The first-order valence-corrected chi connectivity index (χ1v) is 8.11. The zero-order valence-electron chi connectivity index (χ0n) is 13.3. The molecule has 1 aromatic rings. The second-order valence-corrected chi connectivity index (χ2v) is 6.64. The van der Waals surface area contributed by atoms with Gasteiger partial charge in [-0.3, -0.25) is 4.79 Å². The number of aromatic nitrogens is 1. The Morgan fingerprint density at radius 3 is 2.68 bits per heavy atom. The first-order valence-electron chi connectivity index (χ1n) is 8.11. The molecule has 3 atom stereocenters. The summed E-state index contributed by atoms with van der Waals surface area (Å²) in [5.74, 6) is 1.75. The first kappa shape index (κ1) is 15.3. The maximum atomic E-state index is 12.6. The van der Waals surface area contributed by atoms with E-state index in [1.165, 1.54) is 6.42 Å². The third kappa shape index (κ3) is 3.58. The van der Waals surface area contributed by atoms with Crippen LogP contribution in [0.15, 0.2) is 18.3 Å². The van der Waals surface area contributed by atoms with Crippen molar-refractivity contribution >= 4 is 5.91 Å². The van der Waals surface area contributed by atoms with Crippen molar-refractivity contribution in [2.24, 2.45) is 11.8 Å². The van der Waals surface area contributed by atoms with Crippen LogP contribution in [0.3, 0.4) is 0 Å². The molecule has 2 aliphatic rings. The summed E-state index contributed by atoms with van der Waals surface area (Å²) in [6.45, 7) is 7.43. The van der Waals surface area contributed by atoms with E-state index in [2.05, 4.69) is 18.8 Å². The second kappa shape index (κ2) is 6.65. The third-order valence-electron chi connectivity index (χ3n) is 4.31. The van der Waals surface area contributed by atoms with Gasteiger partial charge in [0.2, 0.25) is 5.88 Å². The number of carbonyl (C=O) groups is 1. The van der Waals surface area contributed by atoms with Gasteiger partial charge in [0, 0.05) is 31.8 Å². The van der Waals surface area contributed by atoms with Crippen molar-refractivity contribution in [2.45, 2.75) is 32.8 Å². The number of pyridine rings is 1. The monoisotopic (exact) mass is 304 g/mol. The molecule has 1 aromatic heterocycles. The van der Waals surface area contributed by atoms with E-state index >= 15 is 0 Å². The zero-order chi connectivity index (χ0) is 15.5. The van der Waals surface area contributed by atoms with Gasteiger partial charge in [0.25, 0.3) is 5.91 Å². The highest BCUT2D eigenvalue weighted by molar-refractivity contribution is 5.94. The number of piperidine rings is 1. The molecule has 22 heavy (non-hydrogen) atoms. The first-order chi connectivity index (χ1) is 10.6. The van der Waals surface area contributed by atoms with Crippen LogP contribution in [0.5, 0.6) is 5.88 Å². The summed E-state index contributed by atoms with van der Waals surface area (Å²) in [6.07, 6.45) is 3.79. The van der Waals surface area contributed by atoms with Crippen LogP contribution in [0, 0.1) is 11.8 Å². The lowest BCUT2D eigenvalue weighted by Gasteiger charge is -2.35. The number of rotatable bonds is 3. The smallest absolute Gasteiger partial charge is 0.255 e. The van der Waals surface area contributed by atoms with Crippen molar-refractivity contribution < 1.29 is 14.3 Å². The van der Waals surface area contributed by atoms with E-state index in [0.29, 0.717) is 29.9 Å². The molecule has 2 saturated heterocycles. The van der Waals surface area contributed by atoms with E-state index in [9.17, 15) is 4.79 Å². The Kier molecular flexibility index (Phi) is 4.62. The number of carbonyl (C=O) groups excluding carboxylic acids is 1. The average Bonchev–Trinajstić information content (AvgIpc) is 2.99. The number of likely N-dealkylation sites (tertiary alicyclic amines) is 1. The highest BCUT2D eigenvalue weighted by Gasteiger charge is 2.26. The maximum Gasteiger partial charge on any atom is 0.255 e. The van der Waals surface area contributed by atoms with Crippen LogP contribution < -0.4 is 4.74 Å². The van der Waals surface area contributed by atoms with Gasteiger partial charge in [-0.1, -0.05) is 13.8 Å². The van der Waals surface area contributed by atoms with Gasteiger partial charge in [0.1, 0.15) is 6.10 Å². The van der Waals surface area contributed by atoms with Crippen LogP contribution in [0.1, 0.15) is 37.0 Å². The molecule has 0 aliphatic carbocycles. The predicted molar refractivity (Wildman–Crippen MR) is 82.9 cm³/mol. The quantitative estimate of drug-likeness (QED) is 0.860. The molecular formula is C17H24N2O3. The Morgan fingerprint density at radius 1 is 1.32 bits per heavy atom. The Hall–Kier alpha value is -1.62. The highest BCUT2D eigenvalue weighted by Crippen LogP contribution is 2.23. The lowest BCUT2D eigenvalue weighted by Crippen LogP contribution is -2.42. The van der Waals surface area contributed by atoms with Crippen LogP contribution in [-0.4, -0.2) is 48.2 Å². The van der Waals surface area contributed by atoms with Crippen LogP contribution in [0.2, 0.25) is 0 Å². The SMILES string of the molecule is CC1CC(C)CN(C(=O)c2ccc(OC3CCOC3)nc2)C1. The minimum atomic E-state index is 0.0710. The van der Waals surface area contributed by atoms with Gasteiger partial charge >= 0.3 is 0 Å². The largest absolute Gasteiger partial charge is 0.472 e. The van der Waals surface area contributed by atoms with E-state index in [4.69, 9.17) is 9.47 Å². The number of ether oxygens (including phenoxy) is 2. The van der Waals surface area contributed by atoms with E-state index in [1.54, 1.807) is 12.3 Å². The van der Waals surface area contributed by atoms with E-state index in [-0.39, 0.29) is 12.0 Å². The summed E-state index contributed by atoms with van der Waals surface area (Å²) in [7, 11) is 0. The van der Waals surface area contributed by atoms with E-state index in [1.807, 2.05) is 11.0 Å². The summed E-state index contributed by atoms with van der Waals surface area (Å²) < 4.78 is 11.0. The molecule has 2 fully saturated rings. The molecule has 0 aromatic carbocycles. The normalized spacial score (nSPS) is 28.6. The summed E-state index contributed by atoms with van der Waals surface area (Å²) in [5, 5.41) is 0. The zero-order valence-corrected chi connectivity index (χ0v) is 13.3. The van der Waals surface area contributed by atoms with Crippen molar-refractivity contribution in [2.75, 3.05) is 26.3 Å². The fourth-order valence-corrected chi connectivity index (χ4v) is 3.36. The Bertz CT molecular complexity index is 501. The van der Waals surface area contributed by atoms with Crippen LogP contribution in [-0.2, 0) is 4.74 Å². The lowest BCUT2D eigenvalue weighted by molar-refractivity contribution is 0.0622. The van der Waals surface area contributed by atoms with Gasteiger partial charge in [-0.2, -0.15) is 0 Å². The van der Waals surface area contributed by atoms with Crippen molar-refractivity contribution in [1.82, 2.24) is 9.88 Å². The Balaban J connectivity index is 1.62. The minimum absolute atomic E-state index is 0.0710. The van der Waals surface area contributed by atoms with Gasteiger partial charge in [-0.25, -0.2) is 4.98 Å². The molecule has 0 saturated carbocycles. The third-order valence-corrected chi connectivity index (χ3v) is 4.31. The van der Waals surface area contributed by atoms with Crippen molar-refractivity contribution in [3.8, 4) is 5.88 Å². The fraction of sp³-hybridized carbons (Fsp3) is 0.647. The molecular weight excluding hydrogens is 280 g/mol. The van der Waals surface area contributed by atoms with Gasteiger partial charge in [-0.05, 0) is 24.3 Å². The summed E-state index contributed by atoms with van der Waals surface area (Å²) >= 11 is 0. The van der Waals surface area contributed by atoms with Crippen molar-refractivity contribution in [3.05, 3.63) is 23.9 Å². The molecule has 0 spiro atoms. The van der Waals surface area contributed by atoms with Gasteiger partial charge in [-0.15, -0.1) is 0 Å². The van der Waals surface area contributed by atoms with Crippen molar-refractivity contribution in [3.63, 3.8) is 0 Å². The Morgan fingerprint density at radius 2 is 2.09 bits per heavy atom. The van der Waals surface area contributed by atoms with E-state index < -0.39 is 0 Å². The van der Waals surface area contributed by atoms with Gasteiger partial charge in [0.05, 0.1) is 18.8 Å². The fourth-order valence-electron chi connectivity index (χ4n) is 3.36. The molecule has 0 N–H and O–H groups in total. The molecule has 5 nitrogen and oxygen atoms in total. The Labute approximate surface area is 131 Å². The molecule has 0 bridgehead atoms. The molecule has 2 aliphatic heterocycles. The molecule has 1 amide bonds. The van der Waals surface area contributed by atoms with Crippen LogP contribution in [0.4, 0.5) is 0 Å². The van der Waals surface area contributed by atoms with Crippen LogP contribution in [0.25, 0.3) is 0 Å². The maximum absolute atomic E-state index is 12.6. The summed E-state index contributed by atoms with van der Waals surface area (Å²) in [4.78, 5) is 18.8.